The van der Waals surface area contributed by atoms with Gasteiger partial charge in [0.15, 0.2) is 0 Å². The molecule has 0 aromatic heterocycles. The van der Waals surface area contributed by atoms with Crippen LogP contribution in [-0.2, 0) is 4.79 Å². The summed E-state index contributed by atoms with van der Waals surface area (Å²) in [4.78, 5) is 17.4. The second-order valence-corrected chi connectivity index (χ2v) is 7.47. The van der Waals surface area contributed by atoms with Gasteiger partial charge in [-0.15, -0.1) is 0 Å². The number of rotatable bonds is 2. The van der Waals surface area contributed by atoms with Gasteiger partial charge in [0.2, 0.25) is 0 Å². The van der Waals surface area contributed by atoms with E-state index in [9.17, 15) is 9.18 Å². The maximum absolute atomic E-state index is 14.0. The van der Waals surface area contributed by atoms with Crippen molar-refractivity contribution < 1.29 is 13.9 Å². The Morgan fingerprint density at radius 2 is 2.21 bits per heavy atom. The van der Waals surface area contributed by atoms with Gasteiger partial charge in [0, 0.05) is 18.3 Å². The molecular formula is C20H22FN5O2. The van der Waals surface area contributed by atoms with Crippen LogP contribution in [0.2, 0.25) is 0 Å². The highest BCUT2D eigenvalue weighted by Gasteiger charge is 2.31. The first kappa shape index (κ1) is 17.2. The molecule has 4 aliphatic rings. The number of ether oxygens (including phenoxy) is 1. The molecule has 146 valence electrons. The van der Waals surface area contributed by atoms with Crippen LogP contribution in [0.1, 0.15) is 30.9 Å². The summed E-state index contributed by atoms with van der Waals surface area (Å²) in [6.45, 7) is 1.11. The fourth-order valence-corrected chi connectivity index (χ4v) is 3.74. The lowest BCUT2D eigenvalue weighted by Gasteiger charge is -2.25. The normalized spacial score (nSPS) is 24.2. The molecule has 1 amide bonds. The Labute approximate surface area is 162 Å². The first-order chi connectivity index (χ1) is 13.7. The number of nitrogens with one attached hydrogen (secondary N) is 3. The smallest absolute Gasteiger partial charge is 0.252 e. The molecule has 3 N–H and O–H groups in total. The fraction of sp³-hybridized carbons (Fsp3) is 0.400. The number of hydrogen-bond acceptors (Lipinski definition) is 6. The topological polar surface area (TPSA) is 78.0 Å². The van der Waals surface area contributed by atoms with Crippen molar-refractivity contribution in [2.45, 2.75) is 25.3 Å². The van der Waals surface area contributed by atoms with Crippen LogP contribution in [0.4, 0.5) is 4.39 Å². The number of fused-ring (bicyclic) bond motifs is 2. The molecule has 1 fully saturated rings. The van der Waals surface area contributed by atoms with Crippen molar-refractivity contribution in [1.82, 2.24) is 21.1 Å². The first-order valence-corrected chi connectivity index (χ1v) is 9.67. The van der Waals surface area contributed by atoms with E-state index in [-0.39, 0.29) is 17.8 Å². The number of hydrogen-bond donors (Lipinski definition) is 3. The van der Waals surface area contributed by atoms with Crippen molar-refractivity contribution in [3.63, 3.8) is 0 Å². The molecular weight excluding hydrogens is 361 g/mol. The molecule has 1 aromatic rings. The average molecular weight is 383 g/mol. The summed E-state index contributed by atoms with van der Waals surface area (Å²) >= 11 is 0. The van der Waals surface area contributed by atoms with Crippen LogP contribution in [0.25, 0.3) is 0 Å². The van der Waals surface area contributed by atoms with Gasteiger partial charge in [0.05, 0.1) is 18.2 Å². The van der Waals surface area contributed by atoms with Gasteiger partial charge in [0.25, 0.3) is 5.91 Å². The van der Waals surface area contributed by atoms with Gasteiger partial charge >= 0.3 is 0 Å². The zero-order valence-electron chi connectivity index (χ0n) is 15.4. The molecule has 0 spiro atoms. The molecule has 7 nitrogen and oxygen atoms in total. The summed E-state index contributed by atoms with van der Waals surface area (Å²) in [6, 6.07) is 4.36. The Morgan fingerprint density at radius 3 is 3.07 bits per heavy atom. The third kappa shape index (κ3) is 3.35. The number of amidine groups is 1. The highest BCUT2D eigenvalue weighted by atomic mass is 19.1. The lowest BCUT2D eigenvalue weighted by atomic mass is 10.00. The van der Waals surface area contributed by atoms with E-state index in [1.807, 2.05) is 12.3 Å². The SMILES string of the molecule is O=C1NCCOc2ccc(F)cc2C(CC2CC2)N=C2C=CN3NCC1=C3N2. The van der Waals surface area contributed by atoms with Crippen LogP contribution in [0, 0.1) is 11.7 Å². The standard InChI is InChI=1S/C20H22FN5O2/c21-13-3-4-17-14(10-13)16(9-12-1-2-12)24-18-5-7-26-19(25-18)15(11-23-26)20(27)22-6-8-28-17/h3-5,7,10,12,16,23H,1-2,6,8-9,11H2,(H,22,27)(H,24,25). The third-order valence-electron chi connectivity index (χ3n) is 5.38. The first-order valence-electron chi connectivity index (χ1n) is 9.67. The zero-order chi connectivity index (χ0) is 19.1. The maximum atomic E-state index is 14.0. The van der Waals surface area contributed by atoms with Crippen LogP contribution in [0.15, 0.2) is 46.9 Å². The van der Waals surface area contributed by atoms with Gasteiger partial charge in [-0.1, -0.05) is 12.8 Å². The largest absolute Gasteiger partial charge is 0.491 e. The molecule has 1 unspecified atom stereocenters. The Balaban J connectivity index is 1.58. The fourth-order valence-electron chi connectivity index (χ4n) is 3.74. The summed E-state index contributed by atoms with van der Waals surface area (Å²) in [5.41, 5.74) is 4.52. The second-order valence-electron chi connectivity index (χ2n) is 7.47. The van der Waals surface area contributed by atoms with Crippen molar-refractivity contribution in [3.8, 4) is 5.75 Å². The monoisotopic (exact) mass is 383 g/mol. The minimum absolute atomic E-state index is 0.149. The zero-order valence-corrected chi connectivity index (χ0v) is 15.4. The number of amides is 1. The quantitative estimate of drug-likeness (QED) is 0.725. The molecule has 1 aromatic carbocycles. The molecule has 3 aliphatic heterocycles. The van der Waals surface area contributed by atoms with Gasteiger partial charge in [-0.3, -0.25) is 14.8 Å². The van der Waals surface area contributed by atoms with Crippen molar-refractivity contribution >= 4 is 11.7 Å². The van der Waals surface area contributed by atoms with E-state index in [0.29, 0.717) is 48.6 Å². The Morgan fingerprint density at radius 1 is 1.32 bits per heavy atom. The van der Waals surface area contributed by atoms with E-state index in [1.54, 1.807) is 11.1 Å². The predicted octanol–water partition coefficient (Wildman–Crippen LogP) is 1.72. The summed E-state index contributed by atoms with van der Waals surface area (Å²) in [7, 11) is 0. The molecule has 5 rings (SSSR count). The Bertz CT molecular complexity index is 906. The molecule has 8 heteroatoms. The number of aliphatic imine (C=N–C) groups is 1. The number of hydrazine groups is 1. The van der Waals surface area contributed by atoms with Gasteiger partial charge in [-0.25, -0.2) is 9.82 Å². The van der Waals surface area contributed by atoms with Crippen LogP contribution in [0.5, 0.6) is 5.75 Å². The lowest BCUT2D eigenvalue weighted by Crippen LogP contribution is -2.39. The van der Waals surface area contributed by atoms with Crippen LogP contribution in [0.3, 0.4) is 0 Å². The molecule has 1 atom stereocenters. The van der Waals surface area contributed by atoms with Gasteiger partial charge < -0.3 is 15.4 Å². The third-order valence-corrected chi connectivity index (χ3v) is 5.38. The van der Waals surface area contributed by atoms with Crippen molar-refractivity contribution in [2.75, 3.05) is 19.7 Å². The second kappa shape index (κ2) is 6.94. The minimum atomic E-state index is -0.302. The maximum Gasteiger partial charge on any atom is 0.252 e. The van der Waals surface area contributed by atoms with Gasteiger partial charge in [0.1, 0.15) is 29.8 Å². The molecule has 1 aliphatic carbocycles. The van der Waals surface area contributed by atoms with Crippen molar-refractivity contribution in [1.29, 1.82) is 0 Å². The molecule has 1 saturated carbocycles. The highest BCUT2D eigenvalue weighted by Crippen LogP contribution is 2.42. The summed E-state index contributed by atoms with van der Waals surface area (Å²) < 4.78 is 19.9. The van der Waals surface area contributed by atoms with Crippen molar-refractivity contribution in [2.24, 2.45) is 10.9 Å². The van der Waals surface area contributed by atoms with Crippen molar-refractivity contribution in [3.05, 3.63) is 53.2 Å². The highest BCUT2D eigenvalue weighted by molar-refractivity contribution is 5.99. The van der Waals surface area contributed by atoms with E-state index >= 15 is 0 Å². The van der Waals surface area contributed by atoms with Crippen LogP contribution in [-0.4, -0.2) is 36.4 Å². The summed E-state index contributed by atoms with van der Waals surface area (Å²) in [6.07, 6.45) is 6.92. The van der Waals surface area contributed by atoms with Gasteiger partial charge in [-0.2, -0.15) is 0 Å². The minimum Gasteiger partial charge on any atom is -0.491 e. The van der Waals surface area contributed by atoms with E-state index in [4.69, 9.17) is 9.73 Å². The average Bonchev–Trinajstić information content (AvgIpc) is 3.41. The number of carbonyl (C=O) groups is 1. The van der Waals surface area contributed by atoms with E-state index in [0.717, 1.165) is 12.0 Å². The number of nitrogens with zero attached hydrogens (tertiary/aromatic N) is 2. The van der Waals surface area contributed by atoms with E-state index < -0.39 is 0 Å². The predicted molar refractivity (Wildman–Crippen MR) is 102 cm³/mol. The molecule has 0 saturated heterocycles. The van der Waals surface area contributed by atoms with E-state index in [2.05, 4.69) is 16.1 Å². The lowest BCUT2D eigenvalue weighted by molar-refractivity contribution is -0.117. The number of benzene rings is 1. The molecule has 0 radical (unpaired) electrons. The Hall–Kier alpha value is -2.87. The molecule has 3 heterocycles. The summed E-state index contributed by atoms with van der Waals surface area (Å²) in [5.74, 6) is 2.11. The number of carbonyl (C=O) groups excluding carboxylic acids is 1. The summed E-state index contributed by atoms with van der Waals surface area (Å²) in [5, 5.41) is 7.93. The Kier molecular flexibility index (Phi) is 4.27. The van der Waals surface area contributed by atoms with Crippen LogP contribution >= 0.6 is 0 Å². The molecule has 28 heavy (non-hydrogen) atoms. The number of halogens is 1. The molecule has 2 bridgehead atoms. The van der Waals surface area contributed by atoms with Gasteiger partial charge in [-0.05, 0) is 36.6 Å². The van der Waals surface area contributed by atoms with E-state index in [1.165, 1.54) is 25.0 Å². The van der Waals surface area contributed by atoms with Crippen LogP contribution < -0.4 is 20.8 Å².